The Morgan fingerprint density at radius 2 is 2.00 bits per heavy atom. The van der Waals surface area contributed by atoms with E-state index in [1.54, 1.807) is 0 Å². The molecule has 0 radical (unpaired) electrons. The third-order valence-electron chi connectivity index (χ3n) is 6.11. The molecule has 2 nitrogen and oxygen atoms in total. The van der Waals surface area contributed by atoms with Gasteiger partial charge >= 0.3 is 0 Å². The lowest BCUT2D eigenvalue weighted by Gasteiger charge is -2.35. The molecule has 2 heteroatoms. The maximum absolute atomic E-state index is 13.1. The minimum Gasteiger partial charge on any atom is -0.365 e. The van der Waals surface area contributed by atoms with Gasteiger partial charge in [-0.25, -0.2) is 0 Å². The van der Waals surface area contributed by atoms with E-state index in [0.717, 1.165) is 24.8 Å². The molecule has 0 N–H and O–H groups in total. The van der Waals surface area contributed by atoms with Crippen molar-refractivity contribution < 1.29 is 9.53 Å². The molecule has 0 amide bonds. The summed E-state index contributed by atoms with van der Waals surface area (Å²) < 4.78 is 6.10. The Bertz CT molecular complexity index is 573. The molecule has 2 fully saturated rings. The van der Waals surface area contributed by atoms with E-state index in [9.17, 15) is 4.79 Å². The number of allylic oxidation sites excluding steroid dienone is 2. The second-order valence-corrected chi connectivity index (χ2v) is 7.30. The van der Waals surface area contributed by atoms with Crippen LogP contribution in [-0.4, -0.2) is 11.9 Å². The third kappa shape index (κ3) is 2.16. The maximum atomic E-state index is 13.1. The fraction of sp³-hybridized carbons (Fsp3) is 0.550. The predicted octanol–water partition coefficient (Wildman–Crippen LogP) is 4.54. The summed E-state index contributed by atoms with van der Waals surface area (Å²) in [4.78, 5) is 13.1. The fourth-order valence-electron chi connectivity index (χ4n) is 4.60. The SMILES string of the molecule is C/C=C/C[C@@]12CCC(C(OCc3ccccc3)C1=O)C2(C)C. The van der Waals surface area contributed by atoms with Crippen molar-refractivity contribution in [1.29, 1.82) is 0 Å². The largest absolute Gasteiger partial charge is 0.365 e. The number of carbonyl (C=O) groups is 1. The molecule has 2 aliphatic rings. The molecule has 1 aromatic carbocycles. The molecule has 0 aliphatic heterocycles. The normalized spacial score (nSPS) is 33.0. The third-order valence-corrected chi connectivity index (χ3v) is 6.11. The minimum atomic E-state index is -0.228. The molecule has 2 aliphatic carbocycles. The van der Waals surface area contributed by atoms with Crippen LogP contribution in [0.15, 0.2) is 42.5 Å². The van der Waals surface area contributed by atoms with Gasteiger partial charge in [-0.2, -0.15) is 0 Å². The molecular weight excluding hydrogens is 272 g/mol. The van der Waals surface area contributed by atoms with Crippen LogP contribution < -0.4 is 0 Å². The first kappa shape index (κ1) is 15.5. The summed E-state index contributed by atoms with van der Waals surface area (Å²) in [6, 6.07) is 10.1. The van der Waals surface area contributed by atoms with E-state index in [1.807, 2.05) is 25.1 Å². The van der Waals surface area contributed by atoms with Crippen molar-refractivity contribution in [1.82, 2.24) is 0 Å². The second kappa shape index (κ2) is 5.66. The molecule has 0 aromatic heterocycles. The van der Waals surface area contributed by atoms with Crippen LogP contribution in [0.25, 0.3) is 0 Å². The molecule has 2 unspecified atom stereocenters. The van der Waals surface area contributed by atoms with Gasteiger partial charge in [0.2, 0.25) is 0 Å². The van der Waals surface area contributed by atoms with Crippen LogP contribution in [0.5, 0.6) is 0 Å². The van der Waals surface area contributed by atoms with Crippen molar-refractivity contribution in [2.24, 2.45) is 16.7 Å². The first-order valence-electron chi connectivity index (χ1n) is 8.34. The van der Waals surface area contributed by atoms with Gasteiger partial charge in [-0.1, -0.05) is 56.3 Å². The molecule has 2 saturated carbocycles. The van der Waals surface area contributed by atoms with Crippen molar-refractivity contribution in [2.75, 3.05) is 0 Å². The zero-order valence-electron chi connectivity index (χ0n) is 13.8. The zero-order chi connectivity index (χ0) is 15.8. The molecule has 0 heterocycles. The van der Waals surface area contributed by atoms with E-state index in [-0.39, 0.29) is 16.9 Å². The van der Waals surface area contributed by atoms with Crippen LogP contribution in [0.4, 0.5) is 0 Å². The zero-order valence-corrected chi connectivity index (χ0v) is 13.8. The van der Waals surface area contributed by atoms with Gasteiger partial charge < -0.3 is 4.74 Å². The molecular formula is C20H26O2. The van der Waals surface area contributed by atoms with Crippen LogP contribution >= 0.6 is 0 Å². The molecule has 0 saturated heterocycles. The Kier molecular flexibility index (Phi) is 3.98. The van der Waals surface area contributed by atoms with E-state index in [1.165, 1.54) is 0 Å². The monoisotopic (exact) mass is 298 g/mol. The highest BCUT2D eigenvalue weighted by Gasteiger charge is 2.68. The average molecular weight is 298 g/mol. The molecule has 3 rings (SSSR count). The number of hydrogen-bond acceptors (Lipinski definition) is 2. The molecule has 2 bridgehead atoms. The maximum Gasteiger partial charge on any atom is 0.168 e. The van der Waals surface area contributed by atoms with E-state index in [0.29, 0.717) is 18.3 Å². The van der Waals surface area contributed by atoms with E-state index in [4.69, 9.17) is 4.74 Å². The highest BCUT2D eigenvalue weighted by atomic mass is 16.5. The second-order valence-electron chi connectivity index (χ2n) is 7.30. The molecule has 0 spiro atoms. The van der Waals surface area contributed by atoms with Crippen molar-refractivity contribution in [3.8, 4) is 0 Å². The van der Waals surface area contributed by atoms with Crippen molar-refractivity contribution >= 4 is 5.78 Å². The smallest absolute Gasteiger partial charge is 0.168 e. The van der Waals surface area contributed by atoms with Gasteiger partial charge in [0.05, 0.1) is 6.61 Å². The Balaban J connectivity index is 1.79. The van der Waals surface area contributed by atoms with Gasteiger partial charge in [-0.3, -0.25) is 4.79 Å². The van der Waals surface area contributed by atoms with Crippen LogP contribution in [0, 0.1) is 16.7 Å². The van der Waals surface area contributed by atoms with Crippen molar-refractivity contribution in [2.45, 2.75) is 52.7 Å². The summed E-state index contributed by atoms with van der Waals surface area (Å²) in [6.07, 6.45) is 6.96. The summed E-state index contributed by atoms with van der Waals surface area (Å²) in [7, 11) is 0. The number of carbonyl (C=O) groups excluding carboxylic acids is 1. The van der Waals surface area contributed by atoms with Gasteiger partial charge in [0, 0.05) is 5.41 Å². The Hall–Kier alpha value is -1.41. The fourth-order valence-corrected chi connectivity index (χ4v) is 4.60. The summed E-state index contributed by atoms with van der Waals surface area (Å²) in [5.41, 5.74) is 0.953. The van der Waals surface area contributed by atoms with Gasteiger partial charge in [0.1, 0.15) is 6.10 Å². The molecule has 118 valence electrons. The summed E-state index contributed by atoms with van der Waals surface area (Å²) in [6.45, 7) is 7.08. The number of hydrogen-bond donors (Lipinski definition) is 0. The van der Waals surface area contributed by atoms with Gasteiger partial charge in [-0.15, -0.1) is 0 Å². The lowest BCUT2D eigenvalue weighted by Crippen LogP contribution is -2.38. The van der Waals surface area contributed by atoms with Crippen LogP contribution in [0.2, 0.25) is 0 Å². The van der Waals surface area contributed by atoms with E-state index >= 15 is 0 Å². The van der Waals surface area contributed by atoms with Gasteiger partial charge in [0.25, 0.3) is 0 Å². The topological polar surface area (TPSA) is 26.3 Å². The van der Waals surface area contributed by atoms with Crippen LogP contribution in [0.1, 0.15) is 45.6 Å². The van der Waals surface area contributed by atoms with Gasteiger partial charge in [0.15, 0.2) is 5.78 Å². The number of ether oxygens (including phenoxy) is 1. The molecule has 3 atom stereocenters. The number of benzene rings is 1. The number of rotatable bonds is 5. The van der Waals surface area contributed by atoms with Crippen LogP contribution in [0.3, 0.4) is 0 Å². The highest BCUT2D eigenvalue weighted by Crippen LogP contribution is 2.66. The van der Waals surface area contributed by atoms with Crippen molar-refractivity contribution in [3.05, 3.63) is 48.0 Å². The molecule has 1 aromatic rings. The number of ketones is 1. The number of Topliss-reactive ketones (excluding diaryl/α,β-unsaturated/α-hetero) is 1. The minimum absolute atomic E-state index is 0.0327. The Morgan fingerprint density at radius 3 is 2.68 bits per heavy atom. The summed E-state index contributed by atoms with van der Waals surface area (Å²) in [5, 5.41) is 0. The molecule has 22 heavy (non-hydrogen) atoms. The lowest BCUT2D eigenvalue weighted by molar-refractivity contribution is -0.140. The summed E-state index contributed by atoms with van der Waals surface area (Å²) >= 11 is 0. The summed E-state index contributed by atoms with van der Waals surface area (Å²) in [5.74, 6) is 0.691. The van der Waals surface area contributed by atoms with E-state index in [2.05, 4.69) is 38.1 Å². The van der Waals surface area contributed by atoms with Crippen molar-refractivity contribution in [3.63, 3.8) is 0 Å². The predicted molar refractivity (Wildman–Crippen MR) is 88.4 cm³/mol. The van der Waals surface area contributed by atoms with Crippen LogP contribution in [-0.2, 0) is 16.1 Å². The van der Waals surface area contributed by atoms with E-state index < -0.39 is 0 Å². The number of fused-ring (bicyclic) bond motifs is 2. The first-order valence-corrected chi connectivity index (χ1v) is 8.34. The Morgan fingerprint density at radius 1 is 1.27 bits per heavy atom. The van der Waals surface area contributed by atoms with Gasteiger partial charge in [-0.05, 0) is 43.1 Å². The quantitative estimate of drug-likeness (QED) is 0.746. The lowest BCUT2D eigenvalue weighted by atomic mass is 9.67. The Labute approximate surface area is 133 Å². The standard InChI is InChI=1S/C20H26O2/c1-4-5-12-20-13-11-16(19(20,2)3)17(18(20)21)22-14-15-9-7-6-8-10-15/h4-10,16-17H,11-14H2,1-3H3/b5-4+/t16?,17?,20-/m1/s1. The average Bonchev–Trinajstić information content (AvgIpc) is 2.86. The first-order chi connectivity index (χ1) is 10.5. The highest BCUT2D eigenvalue weighted by molar-refractivity contribution is 5.94.